The summed E-state index contributed by atoms with van der Waals surface area (Å²) in [6, 6.07) is 9.45. The lowest BCUT2D eigenvalue weighted by molar-refractivity contribution is 0.0789. The average molecular weight is 342 g/mol. The molecular formula is C19H22N2O2S. The Hall–Kier alpha value is -2.14. The average Bonchev–Trinajstić information content (AvgIpc) is 3.05. The summed E-state index contributed by atoms with van der Waals surface area (Å²) in [5, 5.41) is 2.60. The molecule has 3 rings (SSSR count). The van der Waals surface area contributed by atoms with E-state index in [4.69, 9.17) is 0 Å². The Labute approximate surface area is 146 Å². The van der Waals surface area contributed by atoms with Gasteiger partial charge >= 0.3 is 0 Å². The molecule has 1 heterocycles. The lowest BCUT2D eigenvalue weighted by Crippen LogP contribution is -2.25. The second-order valence-corrected chi connectivity index (χ2v) is 7.34. The molecule has 5 heteroatoms. The van der Waals surface area contributed by atoms with E-state index in [0.717, 1.165) is 23.3 Å². The summed E-state index contributed by atoms with van der Waals surface area (Å²) in [6.45, 7) is 0.537. The van der Waals surface area contributed by atoms with Crippen molar-refractivity contribution in [1.29, 1.82) is 0 Å². The molecule has 1 N–H and O–H groups in total. The highest BCUT2D eigenvalue weighted by molar-refractivity contribution is 7.14. The molecule has 1 aromatic heterocycles. The minimum atomic E-state index is -0.102. The summed E-state index contributed by atoms with van der Waals surface area (Å²) in [5.74, 6) is -0.0278. The van der Waals surface area contributed by atoms with Crippen molar-refractivity contribution >= 4 is 23.2 Å². The zero-order chi connectivity index (χ0) is 17.1. The number of carbonyl (C=O) groups is 2. The highest BCUT2D eigenvalue weighted by Crippen LogP contribution is 2.30. The normalized spacial score (nSPS) is 13.2. The van der Waals surface area contributed by atoms with Crippen LogP contribution in [0.25, 0.3) is 0 Å². The number of thiophene rings is 1. The zero-order valence-electron chi connectivity index (χ0n) is 14.1. The highest BCUT2D eigenvalue weighted by Gasteiger charge is 2.19. The number of amides is 2. The standard InChI is InChI=1S/C19H22N2O2S/c1-20-18(22)14-9-7-13(8-10-14)12-21(2)19(23)17-11-15-5-3-4-6-16(15)24-17/h7-11H,3-6,12H2,1-2H3,(H,20,22). The van der Waals surface area contributed by atoms with Crippen LogP contribution in [0, 0.1) is 0 Å². The lowest BCUT2D eigenvalue weighted by atomic mass is 9.99. The first-order valence-corrected chi connectivity index (χ1v) is 9.08. The fourth-order valence-electron chi connectivity index (χ4n) is 3.04. The number of hydrogen-bond donors (Lipinski definition) is 1. The van der Waals surface area contributed by atoms with E-state index in [2.05, 4.69) is 11.4 Å². The number of carbonyl (C=O) groups excluding carboxylic acids is 2. The van der Waals surface area contributed by atoms with Crippen LogP contribution < -0.4 is 5.32 Å². The van der Waals surface area contributed by atoms with E-state index in [9.17, 15) is 9.59 Å². The Balaban J connectivity index is 1.67. The Morgan fingerprint density at radius 3 is 2.54 bits per heavy atom. The Morgan fingerprint density at radius 2 is 1.88 bits per heavy atom. The molecule has 1 aromatic carbocycles. The molecule has 0 unspecified atom stereocenters. The van der Waals surface area contributed by atoms with Crippen LogP contribution in [0.15, 0.2) is 30.3 Å². The van der Waals surface area contributed by atoms with Crippen molar-refractivity contribution in [3.63, 3.8) is 0 Å². The number of nitrogens with one attached hydrogen (secondary N) is 1. The van der Waals surface area contributed by atoms with Gasteiger partial charge in [0.1, 0.15) is 0 Å². The second kappa shape index (κ2) is 7.18. The smallest absolute Gasteiger partial charge is 0.263 e. The first-order valence-electron chi connectivity index (χ1n) is 8.26. The molecule has 0 atom stereocenters. The number of benzene rings is 1. The van der Waals surface area contributed by atoms with Crippen LogP contribution in [0.5, 0.6) is 0 Å². The van der Waals surface area contributed by atoms with E-state index in [-0.39, 0.29) is 11.8 Å². The van der Waals surface area contributed by atoms with Gasteiger partial charge < -0.3 is 10.2 Å². The van der Waals surface area contributed by atoms with Crippen molar-refractivity contribution in [2.45, 2.75) is 32.2 Å². The van der Waals surface area contributed by atoms with Gasteiger partial charge in [0.25, 0.3) is 11.8 Å². The van der Waals surface area contributed by atoms with Gasteiger partial charge in [0.15, 0.2) is 0 Å². The van der Waals surface area contributed by atoms with Crippen LogP contribution in [-0.4, -0.2) is 30.8 Å². The molecule has 1 aliphatic carbocycles. The molecule has 0 spiro atoms. The van der Waals surface area contributed by atoms with Crippen LogP contribution in [-0.2, 0) is 19.4 Å². The van der Waals surface area contributed by atoms with Crippen molar-refractivity contribution < 1.29 is 9.59 Å². The third kappa shape index (κ3) is 3.51. The van der Waals surface area contributed by atoms with E-state index < -0.39 is 0 Å². The summed E-state index contributed by atoms with van der Waals surface area (Å²) >= 11 is 1.65. The topological polar surface area (TPSA) is 49.4 Å². The number of nitrogens with zero attached hydrogens (tertiary/aromatic N) is 1. The molecule has 2 amide bonds. The summed E-state index contributed by atoms with van der Waals surface area (Å²) in [7, 11) is 3.44. The maximum absolute atomic E-state index is 12.7. The number of aryl methyl sites for hydroxylation is 2. The Bertz CT molecular complexity index is 726. The molecule has 0 bridgehead atoms. The number of rotatable bonds is 4. The maximum atomic E-state index is 12.7. The van der Waals surface area contributed by atoms with E-state index in [1.807, 2.05) is 19.2 Å². The maximum Gasteiger partial charge on any atom is 0.263 e. The largest absolute Gasteiger partial charge is 0.355 e. The number of fused-ring (bicyclic) bond motifs is 1. The van der Waals surface area contributed by atoms with Crippen molar-refractivity contribution in [3.05, 3.63) is 56.8 Å². The predicted octanol–water partition coefficient (Wildman–Crippen LogP) is 3.26. The van der Waals surface area contributed by atoms with Crippen molar-refractivity contribution in [1.82, 2.24) is 10.2 Å². The molecule has 0 radical (unpaired) electrons. The first kappa shape index (κ1) is 16.7. The molecule has 24 heavy (non-hydrogen) atoms. The van der Waals surface area contributed by atoms with Gasteiger partial charge in [0, 0.05) is 31.1 Å². The minimum Gasteiger partial charge on any atom is -0.355 e. The summed E-state index contributed by atoms with van der Waals surface area (Å²) in [6.07, 6.45) is 4.67. The summed E-state index contributed by atoms with van der Waals surface area (Å²) < 4.78 is 0. The van der Waals surface area contributed by atoms with Crippen LogP contribution in [0.3, 0.4) is 0 Å². The van der Waals surface area contributed by atoms with Gasteiger partial charge in [-0.25, -0.2) is 0 Å². The van der Waals surface area contributed by atoms with Gasteiger partial charge in [-0.15, -0.1) is 11.3 Å². The third-order valence-corrected chi connectivity index (χ3v) is 5.64. The van der Waals surface area contributed by atoms with Crippen LogP contribution in [0.4, 0.5) is 0 Å². The molecule has 4 nitrogen and oxygen atoms in total. The highest BCUT2D eigenvalue weighted by atomic mass is 32.1. The van der Waals surface area contributed by atoms with Gasteiger partial charge in [-0.1, -0.05) is 12.1 Å². The molecule has 0 saturated carbocycles. The Kier molecular flexibility index (Phi) is 5.00. The van der Waals surface area contributed by atoms with Gasteiger partial charge in [-0.05, 0) is 55.0 Å². The van der Waals surface area contributed by atoms with Gasteiger partial charge in [-0.3, -0.25) is 9.59 Å². The fraction of sp³-hybridized carbons (Fsp3) is 0.368. The lowest BCUT2D eigenvalue weighted by Gasteiger charge is -2.16. The van der Waals surface area contributed by atoms with Crippen LogP contribution in [0.2, 0.25) is 0 Å². The van der Waals surface area contributed by atoms with E-state index in [1.165, 1.54) is 23.3 Å². The van der Waals surface area contributed by atoms with Crippen molar-refractivity contribution in [3.8, 4) is 0 Å². The molecule has 0 aliphatic heterocycles. The van der Waals surface area contributed by atoms with Crippen LogP contribution >= 0.6 is 11.3 Å². The monoisotopic (exact) mass is 342 g/mol. The Morgan fingerprint density at radius 1 is 1.17 bits per heavy atom. The molecule has 2 aromatic rings. The second-order valence-electron chi connectivity index (χ2n) is 6.20. The van der Waals surface area contributed by atoms with E-state index in [0.29, 0.717) is 12.1 Å². The van der Waals surface area contributed by atoms with Gasteiger partial charge in [0.05, 0.1) is 4.88 Å². The van der Waals surface area contributed by atoms with E-state index >= 15 is 0 Å². The van der Waals surface area contributed by atoms with E-state index in [1.54, 1.807) is 35.4 Å². The molecule has 1 aliphatic rings. The molecule has 0 fully saturated rings. The zero-order valence-corrected chi connectivity index (χ0v) is 14.9. The first-order chi connectivity index (χ1) is 11.6. The molecule has 126 valence electrons. The van der Waals surface area contributed by atoms with Crippen molar-refractivity contribution in [2.24, 2.45) is 0 Å². The van der Waals surface area contributed by atoms with Crippen molar-refractivity contribution in [2.75, 3.05) is 14.1 Å². The summed E-state index contributed by atoms with van der Waals surface area (Å²) in [4.78, 5) is 28.2. The SMILES string of the molecule is CNC(=O)c1ccc(CN(C)C(=O)c2cc3c(s2)CCCC3)cc1. The predicted molar refractivity (Wildman–Crippen MR) is 96.6 cm³/mol. The number of hydrogen-bond acceptors (Lipinski definition) is 3. The quantitative estimate of drug-likeness (QED) is 0.927. The van der Waals surface area contributed by atoms with Gasteiger partial charge in [-0.2, -0.15) is 0 Å². The summed E-state index contributed by atoms with van der Waals surface area (Å²) in [5.41, 5.74) is 3.00. The minimum absolute atomic E-state index is 0.0739. The van der Waals surface area contributed by atoms with Crippen LogP contribution in [0.1, 0.15) is 48.9 Å². The fourth-order valence-corrected chi connectivity index (χ4v) is 4.28. The molecule has 0 saturated heterocycles. The van der Waals surface area contributed by atoms with Gasteiger partial charge in [0.2, 0.25) is 0 Å². The molecular weight excluding hydrogens is 320 g/mol. The third-order valence-electron chi connectivity index (χ3n) is 4.42.